The number of esters is 1. The number of rotatable bonds is 6. The minimum atomic E-state index is -0.356. The summed E-state index contributed by atoms with van der Waals surface area (Å²) in [7, 11) is 1.40. The number of carbonyl (C=O) groups is 1. The van der Waals surface area contributed by atoms with Gasteiger partial charge in [-0.15, -0.1) is 0 Å². The first kappa shape index (κ1) is 15.4. The molecule has 0 atom stereocenters. The lowest BCUT2D eigenvalue weighted by Crippen LogP contribution is -2.08. The fraction of sp³-hybridized carbons (Fsp3) is 0.389. The van der Waals surface area contributed by atoms with Gasteiger partial charge in [0.2, 0.25) is 0 Å². The van der Waals surface area contributed by atoms with Gasteiger partial charge in [-0.3, -0.25) is 0 Å². The van der Waals surface area contributed by atoms with E-state index in [1.807, 2.05) is 36.4 Å². The smallest absolute Gasteiger partial charge is 0.342 e. The predicted octanol–water partition coefficient (Wildman–Crippen LogP) is 4.44. The van der Waals surface area contributed by atoms with Crippen LogP contribution in [-0.4, -0.2) is 19.7 Å². The number of hydrogen-bond acceptors (Lipinski definition) is 3. The van der Waals surface area contributed by atoms with Gasteiger partial charge in [-0.05, 0) is 35.6 Å². The molecule has 0 heterocycles. The van der Waals surface area contributed by atoms with E-state index in [1.54, 1.807) is 0 Å². The SMILES string of the molecule is COC(=O)c1c(OCCCC(C)C)ccc2ccccc12. The number of benzene rings is 2. The summed E-state index contributed by atoms with van der Waals surface area (Å²) in [6, 6.07) is 11.6. The maximum atomic E-state index is 12.1. The van der Waals surface area contributed by atoms with E-state index in [2.05, 4.69) is 13.8 Å². The molecule has 0 aliphatic heterocycles. The third-order valence-corrected chi connectivity index (χ3v) is 3.46. The summed E-state index contributed by atoms with van der Waals surface area (Å²) in [4.78, 5) is 12.1. The molecule has 3 nitrogen and oxygen atoms in total. The molecule has 0 unspecified atom stereocenters. The van der Waals surface area contributed by atoms with Gasteiger partial charge in [0.15, 0.2) is 0 Å². The van der Waals surface area contributed by atoms with Crippen LogP contribution in [0.3, 0.4) is 0 Å². The van der Waals surface area contributed by atoms with Gasteiger partial charge >= 0.3 is 5.97 Å². The third kappa shape index (κ3) is 3.75. The Kier molecular flexibility index (Phi) is 5.20. The molecule has 3 heteroatoms. The fourth-order valence-electron chi connectivity index (χ4n) is 2.36. The van der Waals surface area contributed by atoms with Crippen molar-refractivity contribution in [1.29, 1.82) is 0 Å². The highest BCUT2D eigenvalue weighted by atomic mass is 16.5. The van der Waals surface area contributed by atoms with Gasteiger partial charge in [0.25, 0.3) is 0 Å². The van der Waals surface area contributed by atoms with Gasteiger partial charge in [0, 0.05) is 0 Å². The van der Waals surface area contributed by atoms with Crippen molar-refractivity contribution in [2.45, 2.75) is 26.7 Å². The first-order chi connectivity index (χ1) is 10.1. The summed E-state index contributed by atoms with van der Waals surface area (Å²) in [6.07, 6.45) is 2.09. The molecule has 0 saturated heterocycles. The number of hydrogen-bond donors (Lipinski definition) is 0. The van der Waals surface area contributed by atoms with Crippen molar-refractivity contribution in [3.05, 3.63) is 42.0 Å². The summed E-state index contributed by atoms with van der Waals surface area (Å²) >= 11 is 0. The molecule has 112 valence electrons. The molecule has 21 heavy (non-hydrogen) atoms. The van der Waals surface area contributed by atoms with Crippen LogP contribution in [0, 0.1) is 5.92 Å². The second kappa shape index (κ2) is 7.11. The van der Waals surface area contributed by atoms with Gasteiger partial charge in [-0.25, -0.2) is 4.79 Å². The quantitative estimate of drug-likeness (QED) is 0.581. The van der Waals surface area contributed by atoms with E-state index >= 15 is 0 Å². The van der Waals surface area contributed by atoms with Gasteiger partial charge in [0.05, 0.1) is 13.7 Å². The summed E-state index contributed by atoms with van der Waals surface area (Å²) in [6.45, 7) is 4.99. The first-order valence-electron chi connectivity index (χ1n) is 7.36. The summed E-state index contributed by atoms with van der Waals surface area (Å²) < 4.78 is 10.7. The molecule has 2 aromatic carbocycles. The number of ether oxygens (including phenoxy) is 2. The molecule has 2 aromatic rings. The van der Waals surface area contributed by atoms with E-state index in [1.165, 1.54) is 7.11 Å². The Morgan fingerprint density at radius 1 is 1.14 bits per heavy atom. The van der Waals surface area contributed by atoms with Gasteiger partial charge in [-0.1, -0.05) is 44.2 Å². The summed E-state index contributed by atoms with van der Waals surface area (Å²) in [5, 5.41) is 1.87. The Morgan fingerprint density at radius 2 is 1.90 bits per heavy atom. The molecule has 0 fully saturated rings. The Labute approximate surface area is 125 Å². The van der Waals surface area contributed by atoms with E-state index in [0.717, 1.165) is 23.6 Å². The first-order valence-corrected chi connectivity index (χ1v) is 7.36. The third-order valence-electron chi connectivity index (χ3n) is 3.46. The van der Waals surface area contributed by atoms with Crippen molar-refractivity contribution in [3.8, 4) is 5.75 Å². The zero-order valence-electron chi connectivity index (χ0n) is 12.9. The maximum Gasteiger partial charge on any atom is 0.342 e. The van der Waals surface area contributed by atoms with Crippen molar-refractivity contribution >= 4 is 16.7 Å². The second-order valence-electron chi connectivity index (χ2n) is 5.54. The Morgan fingerprint density at radius 3 is 2.62 bits per heavy atom. The average Bonchev–Trinajstić information content (AvgIpc) is 2.50. The molecule has 0 aliphatic rings. The fourth-order valence-corrected chi connectivity index (χ4v) is 2.36. The van der Waals surface area contributed by atoms with Gasteiger partial charge in [0.1, 0.15) is 11.3 Å². The van der Waals surface area contributed by atoms with Crippen molar-refractivity contribution in [3.63, 3.8) is 0 Å². The van der Waals surface area contributed by atoms with Crippen LogP contribution in [-0.2, 0) is 4.74 Å². The average molecular weight is 286 g/mol. The predicted molar refractivity (Wildman–Crippen MR) is 84.9 cm³/mol. The van der Waals surface area contributed by atoms with Crippen molar-refractivity contribution in [2.75, 3.05) is 13.7 Å². The van der Waals surface area contributed by atoms with E-state index in [9.17, 15) is 4.79 Å². The monoisotopic (exact) mass is 286 g/mol. The van der Waals surface area contributed by atoms with Crippen LogP contribution in [0.1, 0.15) is 37.0 Å². The number of methoxy groups -OCH3 is 1. The van der Waals surface area contributed by atoms with Crippen LogP contribution in [0.2, 0.25) is 0 Å². The molecule has 0 spiro atoms. The standard InChI is InChI=1S/C18H22O3/c1-13(2)7-6-12-21-16-11-10-14-8-4-5-9-15(14)17(16)18(19)20-3/h4-5,8-11,13H,6-7,12H2,1-3H3. The normalized spacial score (nSPS) is 10.9. The minimum Gasteiger partial charge on any atom is -0.493 e. The molecule has 0 bridgehead atoms. The van der Waals surface area contributed by atoms with E-state index in [-0.39, 0.29) is 5.97 Å². The highest BCUT2D eigenvalue weighted by molar-refractivity contribution is 6.07. The second-order valence-corrected chi connectivity index (χ2v) is 5.54. The van der Waals surface area contributed by atoms with Crippen LogP contribution in [0.15, 0.2) is 36.4 Å². The Hall–Kier alpha value is -2.03. The topological polar surface area (TPSA) is 35.5 Å². The largest absolute Gasteiger partial charge is 0.493 e. The van der Waals surface area contributed by atoms with Gasteiger partial charge < -0.3 is 9.47 Å². The van der Waals surface area contributed by atoms with E-state index < -0.39 is 0 Å². The van der Waals surface area contributed by atoms with Crippen LogP contribution in [0.25, 0.3) is 10.8 Å². The highest BCUT2D eigenvalue weighted by Gasteiger charge is 2.17. The highest BCUT2D eigenvalue weighted by Crippen LogP contribution is 2.29. The number of fused-ring (bicyclic) bond motifs is 1. The Balaban J connectivity index is 2.27. The maximum absolute atomic E-state index is 12.1. The Bertz CT molecular complexity index is 617. The zero-order chi connectivity index (χ0) is 15.2. The van der Waals surface area contributed by atoms with E-state index in [0.29, 0.717) is 23.8 Å². The van der Waals surface area contributed by atoms with Crippen molar-refractivity contribution in [2.24, 2.45) is 5.92 Å². The molecule has 0 saturated carbocycles. The lowest BCUT2D eigenvalue weighted by molar-refractivity contribution is 0.0598. The molecule has 0 radical (unpaired) electrons. The van der Waals surface area contributed by atoms with Gasteiger partial charge in [-0.2, -0.15) is 0 Å². The molecule has 2 rings (SSSR count). The molecule has 0 N–H and O–H groups in total. The minimum absolute atomic E-state index is 0.356. The van der Waals surface area contributed by atoms with Crippen molar-refractivity contribution < 1.29 is 14.3 Å². The van der Waals surface area contributed by atoms with Crippen LogP contribution >= 0.6 is 0 Å². The van der Waals surface area contributed by atoms with Crippen LogP contribution in [0.5, 0.6) is 5.75 Å². The number of carbonyl (C=O) groups excluding carboxylic acids is 1. The van der Waals surface area contributed by atoms with E-state index in [4.69, 9.17) is 9.47 Å². The van der Waals surface area contributed by atoms with Crippen LogP contribution < -0.4 is 4.74 Å². The molecule has 0 amide bonds. The molecule has 0 aromatic heterocycles. The molecule has 0 aliphatic carbocycles. The lowest BCUT2D eigenvalue weighted by atomic mass is 10.0. The summed E-state index contributed by atoms with van der Waals surface area (Å²) in [5.74, 6) is 0.903. The lowest BCUT2D eigenvalue weighted by Gasteiger charge is -2.13. The molecular weight excluding hydrogens is 264 g/mol. The summed E-state index contributed by atoms with van der Waals surface area (Å²) in [5.41, 5.74) is 0.514. The molecular formula is C18H22O3. The van der Waals surface area contributed by atoms with Crippen LogP contribution in [0.4, 0.5) is 0 Å². The van der Waals surface area contributed by atoms with Crippen molar-refractivity contribution in [1.82, 2.24) is 0 Å². The zero-order valence-corrected chi connectivity index (χ0v) is 12.9.